The molecule has 0 radical (unpaired) electrons. The fourth-order valence-electron chi connectivity index (χ4n) is 3.11. The van der Waals surface area contributed by atoms with E-state index in [4.69, 9.17) is 24.1 Å². The van der Waals surface area contributed by atoms with Crippen LogP contribution in [0.3, 0.4) is 0 Å². The Morgan fingerprint density at radius 3 is 1.00 bits per heavy atom. The molecule has 2 spiro atoms. The molecule has 0 aromatic rings. The topological polar surface area (TPSA) is 175 Å². The van der Waals surface area contributed by atoms with Crippen molar-refractivity contribution in [1.82, 2.24) is 0 Å². The van der Waals surface area contributed by atoms with Gasteiger partial charge in [-0.15, -0.1) is 0 Å². The van der Waals surface area contributed by atoms with E-state index in [2.05, 4.69) is 10.6 Å². The number of carbonyl (C=O) groups excluding carboxylic acids is 4. The van der Waals surface area contributed by atoms with E-state index in [1.165, 1.54) is 26.2 Å². The summed E-state index contributed by atoms with van der Waals surface area (Å²) in [6.45, 7) is 5.28. The van der Waals surface area contributed by atoms with Crippen molar-refractivity contribution in [3.63, 3.8) is 0 Å². The van der Waals surface area contributed by atoms with E-state index >= 15 is 0 Å². The molecule has 0 aromatic carbocycles. The minimum absolute atomic E-state index is 0.966. The van der Waals surface area contributed by atoms with E-state index in [0.29, 0.717) is 0 Å². The van der Waals surface area contributed by atoms with Gasteiger partial charge in [0, 0.05) is 0 Å². The maximum atomic E-state index is 11.9. The number of fused-ring (bicyclic) bond motifs is 6. The van der Waals surface area contributed by atoms with Gasteiger partial charge in [-0.2, -0.15) is 0 Å². The van der Waals surface area contributed by atoms with Crippen LogP contribution in [0.5, 0.6) is 0 Å². The number of carbonyl (C=O) groups is 4. The minimum atomic E-state index is -4.87. The fraction of sp³-hybridized carbons (Fsp3) is 0.667. The van der Waals surface area contributed by atoms with E-state index in [1.54, 1.807) is 0 Å². The Kier molecular flexibility index (Phi) is 4.75. The summed E-state index contributed by atoms with van der Waals surface area (Å²) in [5.41, 5.74) is 0. The number of hydrogen-bond acceptors (Lipinski definition) is 12. The van der Waals surface area contributed by atoms with Crippen molar-refractivity contribution in [3.8, 4) is 0 Å². The standard InChI is InChI=1S/C4H10N2.2C4H4O6.2Sb/c1-2-6-4-3-5-1;2*5-1(3(7)8)2(6)4(9)10;;/h5-6H,1-4H2;2*1-2H,(H,7,8)(H,9,10);;/q;2*-2;2*+3/p-2. The molecular weight excluding hydrogens is 608 g/mol. The predicted molar refractivity (Wildman–Crippen MR) is 78.7 cm³/mol. The summed E-state index contributed by atoms with van der Waals surface area (Å²) in [7, 11) is 0. The van der Waals surface area contributed by atoms with Crippen molar-refractivity contribution >= 4 is 64.8 Å². The summed E-state index contributed by atoms with van der Waals surface area (Å²) in [6, 6.07) is 0. The molecule has 6 rings (SSSR count). The van der Waals surface area contributed by atoms with Crippen molar-refractivity contribution in [2.45, 2.75) is 24.4 Å². The zero-order chi connectivity index (χ0) is 19.5. The number of rotatable bonds is 0. The molecule has 14 nitrogen and oxygen atoms in total. The first-order chi connectivity index (χ1) is 13.4. The number of nitrogens with two attached hydrogens (primary N) is 2. The average Bonchev–Trinajstić information content (AvgIpc) is 3.35. The van der Waals surface area contributed by atoms with Crippen LogP contribution < -0.4 is 10.6 Å². The predicted octanol–water partition coefficient (Wildman–Crippen LogP) is -6.23. The van der Waals surface area contributed by atoms with Crippen molar-refractivity contribution < 1.29 is 53.9 Å². The summed E-state index contributed by atoms with van der Waals surface area (Å²) in [6.07, 6.45) is -6.06. The summed E-state index contributed by atoms with van der Waals surface area (Å²) in [5.74, 6) is -3.86. The maximum absolute atomic E-state index is 11.9. The Bertz CT molecular complexity index is 635. The Morgan fingerprint density at radius 2 is 0.786 bits per heavy atom. The van der Waals surface area contributed by atoms with E-state index in [9.17, 15) is 19.2 Å². The number of quaternary nitrogens is 2. The van der Waals surface area contributed by atoms with Gasteiger partial charge in [-0.25, -0.2) is 0 Å². The van der Waals surface area contributed by atoms with Crippen LogP contribution in [-0.4, -0.2) is 115 Å². The van der Waals surface area contributed by atoms with Gasteiger partial charge in [-0.3, -0.25) is 0 Å². The molecule has 0 amide bonds. The van der Waals surface area contributed by atoms with Crippen LogP contribution in [0.25, 0.3) is 0 Å². The van der Waals surface area contributed by atoms with Gasteiger partial charge in [0.05, 0.1) is 0 Å². The van der Waals surface area contributed by atoms with Crippen molar-refractivity contribution in [2.24, 2.45) is 0 Å². The first kappa shape index (κ1) is 19.3. The molecule has 6 saturated heterocycles. The molecule has 4 unspecified atom stereocenters. The summed E-state index contributed by atoms with van der Waals surface area (Å²) in [5, 5.41) is 4.72. The molecule has 0 aliphatic carbocycles. The van der Waals surface area contributed by atoms with Gasteiger partial charge in [0.25, 0.3) is 0 Å². The second-order valence-electron chi connectivity index (χ2n) is 6.37. The molecule has 6 aliphatic heterocycles. The fourth-order valence-corrected chi connectivity index (χ4v) is 13.7. The molecule has 0 aromatic heterocycles. The van der Waals surface area contributed by atoms with Gasteiger partial charge in [0.2, 0.25) is 0 Å². The molecule has 0 saturated carbocycles. The Balaban J connectivity index is 0.000000246. The summed E-state index contributed by atoms with van der Waals surface area (Å²) in [4.78, 5) is 47.6. The molecule has 6 aliphatic rings. The second kappa shape index (κ2) is 6.91. The van der Waals surface area contributed by atoms with Gasteiger partial charge in [-0.05, 0) is 0 Å². The van der Waals surface area contributed by atoms with Gasteiger partial charge in [-0.1, -0.05) is 0 Å². The van der Waals surface area contributed by atoms with E-state index in [1.807, 2.05) is 0 Å². The van der Waals surface area contributed by atoms with Gasteiger partial charge >= 0.3 is 133 Å². The van der Waals surface area contributed by atoms with Crippen molar-refractivity contribution in [1.29, 1.82) is 0 Å². The number of piperazine rings is 1. The van der Waals surface area contributed by atoms with Crippen LogP contribution in [-0.2, 0) is 43.3 Å². The van der Waals surface area contributed by atoms with E-state index < -0.39 is 89.3 Å². The molecule has 4 atom stereocenters. The monoisotopic (exact) mass is 622 g/mol. The van der Waals surface area contributed by atoms with Crippen LogP contribution in [0.2, 0.25) is 0 Å². The third kappa shape index (κ3) is 3.10. The first-order valence-electron chi connectivity index (χ1n) is 8.49. The zero-order valence-electron chi connectivity index (χ0n) is 14.1. The molecule has 28 heavy (non-hydrogen) atoms. The van der Waals surface area contributed by atoms with Crippen molar-refractivity contribution in [3.05, 3.63) is 0 Å². The molecule has 4 N–H and O–H groups in total. The molecule has 156 valence electrons. The Morgan fingerprint density at radius 1 is 0.536 bits per heavy atom. The van der Waals surface area contributed by atoms with E-state index in [-0.39, 0.29) is 0 Å². The normalized spacial score (nSPS) is 50.0. The van der Waals surface area contributed by atoms with Crippen LogP contribution in [0.1, 0.15) is 0 Å². The van der Waals surface area contributed by atoms with Crippen LogP contribution in [0.15, 0.2) is 0 Å². The third-order valence-corrected chi connectivity index (χ3v) is 14.6. The van der Waals surface area contributed by atoms with Crippen LogP contribution in [0, 0.1) is 0 Å². The molecule has 6 bridgehead atoms. The summed E-state index contributed by atoms with van der Waals surface area (Å²) < 4.78 is 41.0. The average molecular weight is 624 g/mol. The van der Waals surface area contributed by atoms with Gasteiger partial charge < -0.3 is 10.6 Å². The van der Waals surface area contributed by atoms with Gasteiger partial charge in [0.1, 0.15) is 26.2 Å². The number of hydrogen-bond donors (Lipinski definition) is 2. The Labute approximate surface area is 168 Å². The molecule has 6 heterocycles. The zero-order valence-corrected chi connectivity index (χ0v) is 19.2. The quantitative estimate of drug-likeness (QED) is 0.245. The SMILES string of the molecule is C1C[NH2+]CC[NH2+]1.O=C1[O][Sb-]23[O]C(=O)C([O]2)C2[O][Sb-]4([O]C(=O)C([O]4)C1[O]3)[O]C2=O. The van der Waals surface area contributed by atoms with Gasteiger partial charge in [0.15, 0.2) is 0 Å². The molecule has 16 heteroatoms. The Hall–Kier alpha value is -0.724. The summed E-state index contributed by atoms with van der Waals surface area (Å²) >= 11 is -9.74. The van der Waals surface area contributed by atoms with Crippen molar-refractivity contribution in [2.75, 3.05) is 26.2 Å². The van der Waals surface area contributed by atoms with Crippen LogP contribution >= 0.6 is 0 Å². The van der Waals surface area contributed by atoms with Crippen LogP contribution in [0.4, 0.5) is 0 Å². The molecule has 6 fully saturated rings. The second-order valence-corrected chi connectivity index (χ2v) is 16.0. The molecular formula is C12H16N2O12Sb2. The third-order valence-electron chi connectivity index (χ3n) is 4.41. The first-order valence-corrected chi connectivity index (χ1v) is 16.8. The van der Waals surface area contributed by atoms with E-state index in [0.717, 1.165) is 0 Å².